The van der Waals surface area contributed by atoms with Crippen molar-refractivity contribution in [1.29, 1.82) is 0 Å². The van der Waals surface area contributed by atoms with Crippen molar-refractivity contribution in [1.82, 2.24) is 0 Å². The second-order valence-electron chi connectivity index (χ2n) is 6.01. The molecule has 0 spiro atoms. The van der Waals surface area contributed by atoms with Gasteiger partial charge in [0.1, 0.15) is 0 Å². The van der Waals surface area contributed by atoms with Crippen LogP contribution in [0.2, 0.25) is 0 Å². The summed E-state index contributed by atoms with van der Waals surface area (Å²) < 4.78 is 0. The van der Waals surface area contributed by atoms with E-state index in [0.717, 1.165) is 25.7 Å². The number of rotatable bonds is 13. The Morgan fingerprint density at radius 3 is 1.83 bits per heavy atom. The lowest BCUT2D eigenvalue weighted by atomic mass is 9.72. The summed E-state index contributed by atoms with van der Waals surface area (Å²) in [5.41, 5.74) is -2.80. The predicted octanol–water partition coefficient (Wildman–Crippen LogP) is 2.36. The Labute approximate surface area is 136 Å². The third kappa shape index (κ3) is 6.56. The summed E-state index contributed by atoms with van der Waals surface area (Å²) in [6, 6.07) is 0. The van der Waals surface area contributed by atoms with Gasteiger partial charge < -0.3 is 20.4 Å². The van der Waals surface area contributed by atoms with Gasteiger partial charge in [-0.15, -0.1) is 0 Å². The fourth-order valence-corrected chi connectivity index (χ4v) is 2.95. The molecule has 0 aromatic carbocycles. The summed E-state index contributed by atoms with van der Waals surface area (Å²) in [5, 5.41) is 38.0. The summed E-state index contributed by atoms with van der Waals surface area (Å²) in [7, 11) is 0. The topological polar surface area (TPSA) is 132 Å². The first-order valence-electron chi connectivity index (χ1n) is 8.11. The smallest absolute Gasteiger partial charge is 0.337 e. The van der Waals surface area contributed by atoms with Gasteiger partial charge in [0.15, 0.2) is 5.60 Å². The second kappa shape index (κ2) is 10.2. The normalized spacial score (nSPS) is 16.3. The maximum absolute atomic E-state index is 11.7. The second-order valence-corrected chi connectivity index (χ2v) is 6.01. The molecular formula is C16H28O7. The molecule has 0 radical (unpaired) electrons. The zero-order chi connectivity index (χ0) is 18.0. The number of carbonyl (C=O) groups is 3. The molecule has 0 saturated heterocycles. The first-order valence-corrected chi connectivity index (χ1v) is 8.11. The molecule has 23 heavy (non-hydrogen) atoms. The molecule has 3 atom stereocenters. The molecule has 4 N–H and O–H groups in total. The molecule has 0 saturated carbocycles. The zero-order valence-corrected chi connectivity index (χ0v) is 13.8. The van der Waals surface area contributed by atoms with Crippen LogP contribution in [-0.2, 0) is 14.4 Å². The average molecular weight is 332 g/mol. The highest BCUT2D eigenvalue weighted by molar-refractivity contribution is 5.89. The van der Waals surface area contributed by atoms with Crippen molar-refractivity contribution in [2.45, 2.75) is 70.8 Å². The van der Waals surface area contributed by atoms with Gasteiger partial charge >= 0.3 is 17.9 Å². The Hall–Kier alpha value is -1.63. The first-order chi connectivity index (χ1) is 10.7. The van der Waals surface area contributed by atoms with Crippen LogP contribution < -0.4 is 0 Å². The molecule has 0 aromatic heterocycles. The van der Waals surface area contributed by atoms with Gasteiger partial charge in [-0.05, 0) is 18.8 Å². The summed E-state index contributed by atoms with van der Waals surface area (Å²) in [6.07, 6.45) is 3.81. The lowest BCUT2D eigenvalue weighted by Crippen LogP contribution is -2.53. The average Bonchev–Trinajstić information content (AvgIpc) is 2.43. The lowest BCUT2D eigenvalue weighted by molar-refractivity contribution is -0.183. The Bertz CT molecular complexity index is 407. The molecule has 0 aliphatic rings. The van der Waals surface area contributed by atoms with Crippen molar-refractivity contribution < 1.29 is 34.8 Å². The van der Waals surface area contributed by atoms with Crippen LogP contribution in [0.4, 0.5) is 0 Å². The van der Waals surface area contributed by atoms with Crippen molar-refractivity contribution in [2.75, 3.05) is 0 Å². The van der Waals surface area contributed by atoms with Gasteiger partial charge in [-0.2, -0.15) is 0 Å². The summed E-state index contributed by atoms with van der Waals surface area (Å²) >= 11 is 0. The van der Waals surface area contributed by atoms with Crippen molar-refractivity contribution in [3.05, 3.63) is 0 Å². The summed E-state index contributed by atoms with van der Waals surface area (Å²) in [6.45, 7) is 3.92. The zero-order valence-electron chi connectivity index (χ0n) is 13.8. The molecule has 7 nitrogen and oxygen atoms in total. The predicted molar refractivity (Wildman–Crippen MR) is 83.1 cm³/mol. The molecular weight excluding hydrogens is 304 g/mol. The van der Waals surface area contributed by atoms with Crippen LogP contribution in [0.25, 0.3) is 0 Å². The highest BCUT2D eigenvalue weighted by Crippen LogP contribution is 2.35. The molecule has 0 fully saturated rings. The van der Waals surface area contributed by atoms with Gasteiger partial charge in [-0.3, -0.25) is 9.59 Å². The quantitative estimate of drug-likeness (QED) is 0.381. The minimum atomic E-state index is -2.80. The molecule has 0 heterocycles. The van der Waals surface area contributed by atoms with Crippen molar-refractivity contribution in [2.24, 2.45) is 11.8 Å². The van der Waals surface area contributed by atoms with Crippen LogP contribution in [0.5, 0.6) is 0 Å². The molecule has 0 bridgehead atoms. The molecule has 134 valence electrons. The Morgan fingerprint density at radius 2 is 1.43 bits per heavy atom. The van der Waals surface area contributed by atoms with E-state index in [-0.39, 0.29) is 0 Å². The van der Waals surface area contributed by atoms with Crippen molar-refractivity contribution in [3.63, 3.8) is 0 Å². The SMILES string of the molecule is CCCCCC(CCCC)C(C(=O)O)C(O)(CC(=O)O)C(=O)O. The van der Waals surface area contributed by atoms with E-state index in [1.54, 1.807) is 0 Å². The van der Waals surface area contributed by atoms with E-state index >= 15 is 0 Å². The molecule has 0 rings (SSSR count). The number of aliphatic hydroxyl groups is 1. The van der Waals surface area contributed by atoms with Crippen LogP contribution >= 0.6 is 0 Å². The van der Waals surface area contributed by atoms with Gasteiger partial charge in [0.05, 0.1) is 12.3 Å². The summed E-state index contributed by atoms with van der Waals surface area (Å²) in [5.74, 6) is -7.01. The minimum absolute atomic E-state index is 0.451. The van der Waals surface area contributed by atoms with Crippen molar-refractivity contribution in [3.8, 4) is 0 Å². The highest BCUT2D eigenvalue weighted by atomic mass is 16.4. The number of hydrogen-bond acceptors (Lipinski definition) is 4. The number of aliphatic carboxylic acids is 3. The van der Waals surface area contributed by atoms with Gasteiger partial charge in [-0.25, -0.2) is 4.79 Å². The lowest BCUT2D eigenvalue weighted by Gasteiger charge is -2.34. The van der Waals surface area contributed by atoms with E-state index in [1.165, 1.54) is 0 Å². The van der Waals surface area contributed by atoms with Crippen LogP contribution in [-0.4, -0.2) is 43.9 Å². The van der Waals surface area contributed by atoms with E-state index < -0.39 is 41.8 Å². The van der Waals surface area contributed by atoms with E-state index in [1.807, 2.05) is 13.8 Å². The highest BCUT2D eigenvalue weighted by Gasteiger charge is 2.52. The molecule has 7 heteroatoms. The monoisotopic (exact) mass is 332 g/mol. The molecule has 3 unspecified atom stereocenters. The maximum atomic E-state index is 11.7. The molecule has 0 aromatic rings. The van der Waals surface area contributed by atoms with Gasteiger partial charge in [-0.1, -0.05) is 46.0 Å². The maximum Gasteiger partial charge on any atom is 0.337 e. The number of unbranched alkanes of at least 4 members (excludes halogenated alkanes) is 3. The minimum Gasteiger partial charge on any atom is -0.481 e. The van der Waals surface area contributed by atoms with Crippen molar-refractivity contribution >= 4 is 17.9 Å². The fraction of sp³-hybridized carbons (Fsp3) is 0.812. The van der Waals surface area contributed by atoms with E-state index in [0.29, 0.717) is 19.3 Å². The first kappa shape index (κ1) is 21.4. The Kier molecular flexibility index (Phi) is 9.48. The van der Waals surface area contributed by atoms with Crippen LogP contribution in [0.15, 0.2) is 0 Å². The molecule has 0 aliphatic heterocycles. The fourth-order valence-electron chi connectivity index (χ4n) is 2.95. The molecule has 0 aliphatic carbocycles. The largest absolute Gasteiger partial charge is 0.481 e. The summed E-state index contributed by atoms with van der Waals surface area (Å²) in [4.78, 5) is 34.0. The van der Waals surface area contributed by atoms with Crippen LogP contribution in [0.1, 0.15) is 65.2 Å². The third-order valence-corrected chi connectivity index (χ3v) is 4.15. The van der Waals surface area contributed by atoms with Crippen LogP contribution in [0.3, 0.4) is 0 Å². The number of carboxylic acid groups (broad SMARTS) is 3. The number of carboxylic acids is 3. The number of hydrogen-bond donors (Lipinski definition) is 4. The van der Waals surface area contributed by atoms with Gasteiger partial charge in [0.25, 0.3) is 0 Å². The van der Waals surface area contributed by atoms with E-state index in [2.05, 4.69) is 0 Å². The Morgan fingerprint density at radius 1 is 0.913 bits per heavy atom. The van der Waals surface area contributed by atoms with Gasteiger partial charge in [0.2, 0.25) is 0 Å². The Balaban J connectivity index is 5.56. The van der Waals surface area contributed by atoms with E-state index in [9.17, 15) is 29.7 Å². The molecule has 0 amide bonds. The standard InChI is InChI=1S/C16H28O7/c1-3-5-7-9-11(8-6-4-2)13(14(19)20)16(23,15(21)22)10-12(17)18/h11,13,23H,3-10H2,1-2H3,(H,17,18)(H,19,20)(H,21,22). The van der Waals surface area contributed by atoms with E-state index in [4.69, 9.17) is 5.11 Å². The van der Waals surface area contributed by atoms with Gasteiger partial charge in [0, 0.05) is 0 Å². The van der Waals surface area contributed by atoms with Crippen LogP contribution in [0, 0.1) is 11.8 Å². The third-order valence-electron chi connectivity index (χ3n) is 4.15.